The van der Waals surface area contributed by atoms with Crippen molar-refractivity contribution in [3.63, 3.8) is 0 Å². The van der Waals surface area contributed by atoms with Crippen molar-refractivity contribution in [1.82, 2.24) is 15.1 Å². The van der Waals surface area contributed by atoms with Gasteiger partial charge in [0.1, 0.15) is 0 Å². The summed E-state index contributed by atoms with van der Waals surface area (Å²) < 4.78 is 6.63. The fraction of sp³-hybridized carbons (Fsp3) is 0.357. The lowest BCUT2D eigenvalue weighted by molar-refractivity contribution is -0.385. The largest absolute Gasteiger partial charge is 0.490 e. The lowest BCUT2D eigenvalue weighted by atomic mass is 10.2. The van der Waals surface area contributed by atoms with E-state index in [-0.39, 0.29) is 11.4 Å². The fourth-order valence-electron chi connectivity index (χ4n) is 2.10. The van der Waals surface area contributed by atoms with Crippen LogP contribution in [0.25, 0.3) is 5.69 Å². The summed E-state index contributed by atoms with van der Waals surface area (Å²) in [6.45, 7) is 0.718. The highest BCUT2D eigenvalue weighted by molar-refractivity contribution is 5.53. The summed E-state index contributed by atoms with van der Waals surface area (Å²) in [7, 11) is 1.41. The van der Waals surface area contributed by atoms with E-state index in [0.29, 0.717) is 11.7 Å². The van der Waals surface area contributed by atoms with Gasteiger partial charge in [-0.05, 0) is 31.0 Å². The number of nitro benzene ring substituents is 1. The molecule has 1 N–H and O–H groups in total. The molecule has 0 atom stereocenters. The molecule has 1 aromatic heterocycles. The smallest absolute Gasteiger partial charge is 0.313 e. The molecule has 0 radical (unpaired) electrons. The predicted octanol–water partition coefficient (Wildman–Crippen LogP) is 2.04. The Morgan fingerprint density at radius 3 is 2.95 bits per heavy atom. The van der Waals surface area contributed by atoms with Crippen molar-refractivity contribution in [2.45, 2.75) is 25.4 Å². The van der Waals surface area contributed by atoms with Crippen LogP contribution in [0.2, 0.25) is 0 Å². The highest BCUT2D eigenvalue weighted by atomic mass is 16.6. The van der Waals surface area contributed by atoms with Gasteiger partial charge in [-0.1, -0.05) is 0 Å². The molecule has 7 nitrogen and oxygen atoms in total. The van der Waals surface area contributed by atoms with Crippen molar-refractivity contribution in [2.75, 3.05) is 7.11 Å². The zero-order valence-corrected chi connectivity index (χ0v) is 11.7. The van der Waals surface area contributed by atoms with Crippen LogP contribution in [0.4, 0.5) is 5.69 Å². The Morgan fingerprint density at radius 1 is 1.48 bits per heavy atom. The van der Waals surface area contributed by atoms with Crippen LogP contribution in [-0.4, -0.2) is 27.9 Å². The first kappa shape index (κ1) is 13.6. The van der Waals surface area contributed by atoms with Gasteiger partial charge in [-0.2, -0.15) is 5.10 Å². The zero-order valence-electron chi connectivity index (χ0n) is 11.7. The molecule has 0 amide bonds. The average Bonchev–Trinajstić information content (AvgIpc) is 3.21. The van der Waals surface area contributed by atoms with Crippen molar-refractivity contribution < 1.29 is 9.66 Å². The summed E-state index contributed by atoms with van der Waals surface area (Å²) in [6.07, 6.45) is 4.26. The minimum Gasteiger partial charge on any atom is -0.490 e. The Bertz CT molecular complexity index is 664. The highest BCUT2D eigenvalue weighted by Crippen LogP contribution is 2.28. The van der Waals surface area contributed by atoms with Crippen molar-refractivity contribution in [2.24, 2.45) is 0 Å². The summed E-state index contributed by atoms with van der Waals surface area (Å²) in [6, 6.07) is 7.32. The second-order valence-electron chi connectivity index (χ2n) is 5.02. The molecule has 1 aliphatic rings. The number of benzene rings is 1. The summed E-state index contributed by atoms with van der Waals surface area (Å²) >= 11 is 0. The van der Waals surface area contributed by atoms with Gasteiger partial charge in [-0.3, -0.25) is 10.1 Å². The van der Waals surface area contributed by atoms with E-state index in [1.807, 2.05) is 6.07 Å². The molecular formula is C14H16N4O3. The van der Waals surface area contributed by atoms with Gasteiger partial charge in [0.2, 0.25) is 0 Å². The number of nitro groups is 1. The lowest BCUT2D eigenvalue weighted by Gasteiger charge is -2.05. The normalized spacial score (nSPS) is 14.1. The molecule has 1 heterocycles. The fourth-order valence-corrected chi connectivity index (χ4v) is 2.10. The van der Waals surface area contributed by atoms with Crippen molar-refractivity contribution in [3.05, 3.63) is 46.3 Å². The second kappa shape index (κ2) is 5.53. The average molecular weight is 288 g/mol. The Labute approximate surface area is 121 Å². The molecule has 1 fully saturated rings. The van der Waals surface area contributed by atoms with E-state index in [0.717, 1.165) is 12.2 Å². The minimum atomic E-state index is -0.457. The van der Waals surface area contributed by atoms with E-state index < -0.39 is 4.92 Å². The molecule has 21 heavy (non-hydrogen) atoms. The Balaban J connectivity index is 1.82. The third kappa shape index (κ3) is 3.03. The minimum absolute atomic E-state index is 0.0665. The molecule has 1 aromatic carbocycles. The van der Waals surface area contributed by atoms with Gasteiger partial charge >= 0.3 is 5.69 Å². The molecular weight excluding hydrogens is 272 g/mol. The van der Waals surface area contributed by atoms with E-state index in [1.165, 1.54) is 26.0 Å². The summed E-state index contributed by atoms with van der Waals surface area (Å²) in [4.78, 5) is 10.6. The number of nitrogens with one attached hydrogen (secondary N) is 1. The van der Waals surface area contributed by atoms with Gasteiger partial charge < -0.3 is 10.1 Å². The molecule has 3 rings (SSSR count). The highest BCUT2D eigenvalue weighted by Gasteiger charge is 2.20. The van der Waals surface area contributed by atoms with Crippen LogP contribution < -0.4 is 10.1 Å². The van der Waals surface area contributed by atoms with E-state index in [9.17, 15) is 10.1 Å². The van der Waals surface area contributed by atoms with Gasteiger partial charge in [-0.15, -0.1) is 0 Å². The lowest BCUT2D eigenvalue weighted by Crippen LogP contribution is -2.15. The third-order valence-electron chi connectivity index (χ3n) is 3.42. The molecule has 110 valence electrons. The Morgan fingerprint density at radius 2 is 2.29 bits per heavy atom. The number of ether oxygens (including phenoxy) is 1. The first-order valence-electron chi connectivity index (χ1n) is 6.78. The maximum absolute atomic E-state index is 11.0. The van der Waals surface area contributed by atoms with Crippen LogP contribution in [0.3, 0.4) is 0 Å². The number of methoxy groups -OCH3 is 1. The van der Waals surface area contributed by atoms with Gasteiger partial charge in [0.25, 0.3) is 0 Å². The number of rotatable bonds is 6. The van der Waals surface area contributed by atoms with E-state index in [4.69, 9.17) is 4.74 Å². The molecule has 0 aliphatic heterocycles. The van der Waals surface area contributed by atoms with Crippen LogP contribution in [0.15, 0.2) is 30.5 Å². The zero-order chi connectivity index (χ0) is 14.8. The second-order valence-corrected chi connectivity index (χ2v) is 5.02. The van der Waals surface area contributed by atoms with Crippen molar-refractivity contribution in [1.29, 1.82) is 0 Å². The maximum atomic E-state index is 11.0. The third-order valence-corrected chi connectivity index (χ3v) is 3.42. The predicted molar refractivity (Wildman–Crippen MR) is 76.6 cm³/mol. The Hall–Kier alpha value is -2.41. The number of aromatic nitrogens is 2. The summed E-state index contributed by atoms with van der Waals surface area (Å²) in [5.74, 6) is 0.242. The van der Waals surface area contributed by atoms with E-state index in [2.05, 4.69) is 10.4 Å². The summed E-state index contributed by atoms with van der Waals surface area (Å²) in [5.41, 5.74) is 1.49. The topological polar surface area (TPSA) is 82.2 Å². The van der Waals surface area contributed by atoms with Crippen molar-refractivity contribution in [3.8, 4) is 11.4 Å². The van der Waals surface area contributed by atoms with Crippen LogP contribution in [0, 0.1) is 10.1 Å². The SMILES string of the molecule is COc1ccc(-n2ccc(CNC3CC3)n2)cc1[N+](=O)[O-]. The number of nitrogens with zero attached hydrogens (tertiary/aromatic N) is 3. The van der Waals surface area contributed by atoms with Crippen LogP contribution in [0.1, 0.15) is 18.5 Å². The van der Waals surface area contributed by atoms with E-state index >= 15 is 0 Å². The monoisotopic (exact) mass is 288 g/mol. The van der Waals surface area contributed by atoms with Gasteiger partial charge in [0, 0.05) is 24.8 Å². The molecule has 0 unspecified atom stereocenters. The Kier molecular flexibility index (Phi) is 3.57. The van der Waals surface area contributed by atoms with Crippen LogP contribution >= 0.6 is 0 Å². The summed E-state index contributed by atoms with van der Waals surface area (Å²) in [5, 5.41) is 18.8. The van der Waals surface area contributed by atoms with Crippen LogP contribution in [0.5, 0.6) is 5.75 Å². The molecule has 0 bridgehead atoms. The molecule has 1 saturated carbocycles. The number of hydrogen-bond acceptors (Lipinski definition) is 5. The molecule has 0 spiro atoms. The van der Waals surface area contributed by atoms with Crippen LogP contribution in [-0.2, 0) is 6.54 Å². The van der Waals surface area contributed by atoms with Gasteiger partial charge in [0.05, 0.1) is 23.4 Å². The quantitative estimate of drug-likeness (QED) is 0.649. The van der Waals surface area contributed by atoms with Gasteiger partial charge in [-0.25, -0.2) is 4.68 Å². The molecule has 1 aliphatic carbocycles. The first-order valence-corrected chi connectivity index (χ1v) is 6.78. The standard InChI is InChI=1S/C14H16N4O3/c1-21-14-5-4-12(8-13(14)18(19)20)17-7-6-11(16-17)9-15-10-2-3-10/h4-8,10,15H,2-3,9H2,1H3. The molecule has 2 aromatic rings. The van der Waals surface area contributed by atoms with E-state index in [1.54, 1.807) is 23.0 Å². The molecule has 7 heteroatoms. The number of hydrogen-bond donors (Lipinski definition) is 1. The maximum Gasteiger partial charge on any atom is 0.313 e. The first-order chi connectivity index (χ1) is 10.2. The van der Waals surface area contributed by atoms with Crippen molar-refractivity contribution >= 4 is 5.69 Å². The van der Waals surface area contributed by atoms with Gasteiger partial charge in [0.15, 0.2) is 5.75 Å². The molecule has 0 saturated heterocycles.